The maximum absolute atomic E-state index is 12.5. The van der Waals surface area contributed by atoms with E-state index in [1.54, 1.807) is 12.1 Å². The zero-order valence-electron chi connectivity index (χ0n) is 14.4. The van der Waals surface area contributed by atoms with Crippen molar-refractivity contribution in [3.63, 3.8) is 0 Å². The Labute approximate surface area is 148 Å². The van der Waals surface area contributed by atoms with Gasteiger partial charge in [0.2, 0.25) is 6.41 Å². The Kier molecular flexibility index (Phi) is 6.38. The second kappa shape index (κ2) is 8.94. The number of carbonyl (C=O) groups is 2. The summed E-state index contributed by atoms with van der Waals surface area (Å²) < 4.78 is 5.40. The SMILES string of the molecule is O=CNC(C(=O)Oc1ccccc1)N1CCN(C2CCNCC2)CC1. The maximum Gasteiger partial charge on any atom is 0.349 e. The van der Waals surface area contributed by atoms with Crippen molar-refractivity contribution in [2.45, 2.75) is 25.0 Å². The molecule has 2 heterocycles. The smallest absolute Gasteiger partial charge is 0.349 e. The lowest BCUT2D eigenvalue weighted by atomic mass is 10.0. The van der Waals surface area contributed by atoms with Crippen molar-refractivity contribution in [2.24, 2.45) is 0 Å². The first kappa shape index (κ1) is 17.8. The van der Waals surface area contributed by atoms with Crippen molar-refractivity contribution < 1.29 is 14.3 Å². The monoisotopic (exact) mass is 346 g/mol. The molecule has 136 valence electrons. The molecule has 7 heteroatoms. The van der Waals surface area contributed by atoms with Crippen LogP contribution in [0.3, 0.4) is 0 Å². The number of benzene rings is 1. The Balaban J connectivity index is 1.56. The Hall–Kier alpha value is -1.96. The Morgan fingerprint density at radius 2 is 1.84 bits per heavy atom. The van der Waals surface area contributed by atoms with Gasteiger partial charge in [-0.05, 0) is 38.1 Å². The number of amides is 1. The van der Waals surface area contributed by atoms with E-state index >= 15 is 0 Å². The van der Waals surface area contributed by atoms with Gasteiger partial charge in [0.15, 0.2) is 6.17 Å². The molecule has 2 N–H and O–H groups in total. The third kappa shape index (κ3) is 4.78. The topological polar surface area (TPSA) is 73.9 Å². The van der Waals surface area contributed by atoms with Crippen LogP contribution in [-0.2, 0) is 9.59 Å². The summed E-state index contributed by atoms with van der Waals surface area (Å²) in [7, 11) is 0. The first-order valence-corrected chi connectivity index (χ1v) is 8.93. The van der Waals surface area contributed by atoms with Gasteiger partial charge in [0, 0.05) is 32.2 Å². The Bertz CT molecular complexity index is 555. The van der Waals surface area contributed by atoms with Crippen molar-refractivity contribution in [3.8, 4) is 5.75 Å². The summed E-state index contributed by atoms with van der Waals surface area (Å²) in [6, 6.07) is 9.55. The van der Waals surface area contributed by atoms with Crippen molar-refractivity contribution in [2.75, 3.05) is 39.3 Å². The number of ether oxygens (including phenoxy) is 1. The van der Waals surface area contributed by atoms with Crippen LogP contribution in [0, 0.1) is 0 Å². The molecule has 1 aromatic rings. The molecule has 1 unspecified atom stereocenters. The van der Waals surface area contributed by atoms with E-state index in [0.717, 1.165) is 39.3 Å². The van der Waals surface area contributed by atoms with E-state index in [9.17, 15) is 9.59 Å². The zero-order chi connectivity index (χ0) is 17.5. The number of hydrogen-bond donors (Lipinski definition) is 2. The van der Waals surface area contributed by atoms with Gasteiger partial charge in [-0.3, -0.25) is 14.6 Å². The Morgan fingerprint density at radius 3 is 2.48 bits per heavy atom. The highest BCUT2D eigenvalue weighted by atomic mass is 16.5. The van der Waals surface area contributed by atoms with Crippen molar-refractivity contribution >= 4 is 12.4 Å². The van der Waals surface area contributed by atoms with Gasteiger partial charge < -0.3 is 15.4 Å². The fourth-order valence-electron chi connectivity index (χ4n) is 3.58. The predicted molar refractivity (Wildman–Crippen MR) is 94.1 cm³/mol. The van der Waals surface area contributed by atoms with Crippen LogP contribution in [0.15, 0.2) is 30.3 Å². The van der Waals surface area contributed by atoms with Crippen molar-refractivity contribution in [1.82, 2.24) is 20.4 Å². The number of rotatable bonds is 6. The standard InChI is InChI=1S/C18H26N4O3/c23-14-20-17(18(24)25-16-4-2-1-3-5-16)22-12-10-21(11-13-22)15-6-8-19-9-7-15/h1-5,14-15,17,19H,6-13H2,(H,20,23). The lowest BCUT2D eigenvalue weighted by Gasteiger charge is -2.42. The highest BCUT2D eigenvalue weighted by Crippen LogP contribution is 2.16. The van der Waals surface area contributed by atoms with Gasteiger partial charge in [-0.1, -0.05) is 18.2 Å². The lowest BCUT2D eigenvalue weighted by molar-refractivity contribution is -0.144. The number of carbonyl (C=O) groups excluding carboxylic acids is 2. The van der Waals surface area contributed by atoms with E-state index in [2.05, 4.69) is 15.5 Å². The van der Waals surface area contributed by atoms with Gasteiger partial charge in [0.05, 0.1) is 0 Å². The van der Waals surface area contributed by atoms with Gasteiger partial charge in [-0.25, -0.2) is 4.79 Å². The number of para-hydroxylation sites is 1. The second-order valence-electron chi connectivity index (χ2n) is 6.47. The molecule has 0 bridgehead atoms. The molecule has 2 aliphatic rings. The van der Waals surface area contributed by atoms with E-state index in [4.69, 9.17) is 4.74 Å². The molecular weight excluding hydrogens is 320 g/mol. The summed E-state index contributed by atoms with van der Waals surface area (Å²) in [5.41, 5.74) is 0. The first-order chi connectivity index (χ1) is 12.3. The first-order valence-electron chi connectivity index (χ1n) is 8.93. The van der Waals surface area contributed by atoms with Gasteiger partial charge in [-0.2, -0.15) is 0 Å². The van der Waals surface area contributed by atoms with Crippen LogP contribution in [0.25, 0.3) is 0 Å². The van der Waals surface area contributed by atoms with Crippen LogP contribution in [0.2, 0.25) is 0 Å². The summed E-state index contributed by atoms with van der Waals surface area (Å²) in [6.45, 7) is 5.42. The summed E-state index contributed by atoms with van der Waals surface area (Å²) in [4.78, 5) is 27.9. The normalized spacial score (nSPS) is 21.4. The number of piperidine rings is 1. The number of nitrogens with one attached hydrogen (secondary N) is 2. The van der Waals surface area contributed by atoms with Crippen LogP contribution in [-0.4, -0.2) is 73.7 Å². The summed E-state index contributed by atoms with van der Waals surface area (Å²) in [5, 5.41) is 6.00. The Morgan fingerprint density at radius 1 is 1.16 bits per heavy atom. The van der Waals surface area contributed by atoms with Crippen LogP contribution in [0.1, 0.15) is 12.8 Å². The van der Waals surface area contributed by atoms with Gasteiger partial charge in [0.1, 0.15) is 5.75 Å². The molecule has 1 amide bonds. The molecule has 0 saturated carbocycles. The molecule has 2 aliphatic heterocycles. The minimum absolute atomic E-state index is 0.450. The molecule has 0 aromatic heterocycles. The van der Waals surface area contributed by atoms with Gasteiger partial charge in [0.25, 0.3) is 0 Å². The molecule has 1 atom stereocenters. The third-order valence-electron chi connectivity index (χ3n) is 4.95. The second-order valence-corrected chi connectivity index (χ2v) is 6.47. The molecule has 7 nitrogen and oxygen atoms in total. The maximum atomic E-state index is 12.5. The van der Waals surface area contributed by atoms with E-state index in [1.165, 1.54) is 12.8 Å². The van der Waals surface area contributed by atoms with Gasteiger partial charge >= 0.3 is 5.97 Å². The highest BCUT2D eigenvalue weighted by Gasteiger charge is 2.32. The average Bonchev–Trinajstić information content (AvgIpc) is 2.68. The average molecular weight is 346 g/mol. The molecule has 0 spiro atoms. The van der Waals surface area contributed by atoms with Gasteiger partial charge in [-0.15, -0.1) is 0 Å². The number of hydrogen-bond acceptors (Lipinski definition) is 6. The molecule has 25 heavy (non-hydrogen) atoms. The fourth-order valence-corrected chi connectivity index (χ4v) is 3.58. The highest BCUT2D eigenvalue weighted by molar-refractivity contribution is 5.79. The molecular formula is C18H26N4O3. The largest absolute Gasteiger partial charge is 0.424 e. The minimum atomic E-state index is -0.743. The van der Waals surface area contributed by atoms with Crippen molar-refractivity contribution in [3.05, 3.63) is 30.3 Å². The van der Waals surface area contributed by atoms with Crippen LogP contribution < -0.4 is 15.4 Å². The lowest BCUT2D eigenvalue weighted by Crippen LogP contribution is -2.60. The van der Waals surface area contributed by atoms with E-state index in [-0.39, 0.29) is 0 Å². The van der Waals surface area contributed by atoms with E-state index < -0.39 is 12.1 Å². The molecule has 0 aliphatic carbocycles. The molecule has 1 aromatic carbocycles. The van der Waals surface area contributed by atoms with E-state index in [0.29, 0.717) is 18.2 Å². The summed E-state index contributed by atoms with van der Waals surface area (Å²) in [6.07, 6.45) is 2.17. The quantitative estimate of drug-likeness (QED) is 0.430. The zero-order valence-corrected chi connectivity index (χ0v) is 14.4. The molecule has 3 rings (SSSR count). The van der Waals surface area contributed by atoms with E-state index in [1.807, 2.05) is 23.1 Å². The minimum Gasteiger partial charge on any atom is -0.424 e. The van der Waals surface area contributed by atoms with Crippen LogP contribution in [0.4, 0.5) is 0 Å². The van der Waals surface area contributed by atoms with Crippen LogP contribution in [0.5, 0.6) is 5.75 Å². The molecule has 2 fully saturated rings. The summed E-state index contributed by atoms with van der Waals surface area (Å²) in [5.74, 6) is 0.0344. The third-order valence-corrected chi connectivity index (χ3v) is 4.95. The number of piperazine rings is 1. The number of nitrogens with zero attached hydrogens (tertiary/aromatic N) is 2. The number of esters is 1. The molecule has 2 saturated heterocycles. The summed E-state index contributed by atoms with van der Waals surface area (Å²) >= 11 is 0. The van der Waals surface area contributed by atoms with Crippen LogP contribution >= 0.6 is 0 Å². The van der Waals surface area contributed by atoms with Crippen molar-refractivity contribution in [1.29, 1.82) is 0 Å². The fraction of sp³-hybridized carbons (Fsp3) is 0.556. The predicted octanol–water partition coefficient (Wildman–Crippen LogP) is 0.0337. The molecule has 0 radical (unpaired) electrons.